The molecule has 0 aliphatic rings. The van der Waals surface area contributed by atoms with Crippen LogP contribution in [0.5, 0.6) is 0 Å². The number of hydrogen-bond donors (Lipinski definition) is 1. The van der Waals surface area contributed by atoms with Gasteiger partial charge >= 0.3 is 11.9 Å². The fourth-order valence-electron chi connectivity index (χ4n) is 1.18. The molecule has 0 saturated carbocycles. The minimum atomic E-state index is -1.13. The van der Waals surface area contributed by atoms with Crippen molar-refractivity contribution in [1.82, 2.24) is 4.98 Å². The van der Waals surface area contributed by atoms with Gasteiger partial charge in [-0.25, -0.2) is 9.78 Å². The van der Waals surface area contributed by atoms with Crippen molar-refractivity contribution in [2.45, 2.75) is 33.1 Å². The van der Waals surface area contributed by atoms with Crippen LogP contribution in [0.4, 0.5) is 0 Å². The van der Waals surface area contributed by atoms with E-state index in [0.29, 0.717) is 11.5 Å². The van der Waals surface area contributed by atoms with Crippen LogP contribution < -0.4 is 0 Å². The van der Waals surface area contributed by atoms with Crippen molar-refractivity contribution in [2.75, 3.05) is 0 Å². The largest absolute Gasteiger partial charge is 0.474 e. The third kappa shape index (κ3) is 1.88. The summed E-state index contributed by atoms with van der Waals surface area (Å²) >= 11 is 0. The van der Waals surface area contributed by atoms with Crippen LogP contribution in [0.15, 0.2) is 4.42 Å². The maximum absolute atomic E-state index is 10.5. The Bertz CT molecular complexity index is 333. The molecule has 0 radical (unpaired) electrons. The minimum absolute atomic E-state index is 0.179. The van der Waals surface area contributed by atoms with Crippen molar-refractivity contribution in [3.05, 3.63) is 17.3 Å². The molecule has 4 nitrogen and oxygen atoms in total. The van der Waals surface area contributed by atoms with Gasteiger partial charge in [0.05, 0.1) is 5.69 Å². The molecule has 0 fully saturated rings. The summed E-state index contributed by atoms with van der Waals surface area (Å²) in [6.45, 7) is 7.61. The fourth-order valence-corrected chi connectivity index (χ4v) is 1.18. The number of nitrogens with zero attached hydrogens (tertiary/aromatic N) is 1. The van der Waals surface area contributed by atoms with Gasteiger partial charge in [0.2, 0.25) is 0 Å². The van der Waals surface area contributed by atoms with Crippen LogP contribution >= 0.6 is 0 Å². The smallest absolute Gasteiger partial charge is 0.392 e. The van der Waals surface area contributed by atoms with E-state index in [2.05, 4.69) is 4.98 Å². The van der Waals surface area contributed by atoms with Crippen molar-refractivity contribution in [3.8, 4) is 0 Å². The third-order valence-electron chi connectivity index (χ3n) is 1.69. The van der Waals surface area contributed by atoms with E-state index in [9.17, 15) is 4.79 Å². The molecule has 0 atom stereocenters. The van der Waals surface area contributed by atoms with Crippen molar-refractivity contribution < 1.29 is 14.3 Å². The Morgan fingerprint density at radius 2 is 2.00 bits per heavy atom. The second kappa shape index (κ2) is 2.87. The normalized spacial score (nSPS) is 11.7. The molecule has 1 heterocycles. The molecule has 0 aliphatic carbocycles. The lowest BCUT2D eigenvalue weighted by molar-refractivity contribution is 0.0652. The second-order valence-electron chi connectivity index (χ2n) is 3.98. The van der Waals surface area contributed by atoms with Gasteiger partial charge in [0.15, 0.2) is 0 Å². The quantitative estimate of drug-likeness (QED) is 0.723. The Labute approximate surface area is 76.6 Å². The Kier molecular flexibility index (Phi) is 2.15. The number of carboxylic acids is 1. The topological polar surface area (TPSA) is 63.3 Å². The number of aryl methyl sites for hydroxylation is 1. The lowest BCUT2D eigenvalue weighted by Crippen LogP contribution is -2.13. The monoisotopic (exact) mass is 183 g/mol. The lowest BCUT2D eigenvalue weighted by Gasteiger charge is -2.14. The summed E-state index contributed by atoms with van der Waals surface area (Å²) in [7, 11) is 0. The van der Waals surface area contributed by atoms with Crippen molar-refractivity contribution in [3.63, 3.8) is 0 Å². The summed E-state index contributed by atoms with van der Waals surface area (Å²) in [5, 5.41) is 8.63. The average molecular weight is 183 g/mol. The molecule has 1 N–H and O–H groups in total. The van der Waals surface area contributed by atoms with Gasteiger partial charge in [-0.1, -0.05) is 20.8 Å². The molecular formula is C9H13NO3. The van der Waals surface area contributed by atoms with Gasteiger partial charge in [0.25, 0.3) is 0 Å². The molecule has 0 spiro atoms. The Morgan fingerprint density at radius 1 is 1.46 bits per heavy atom. The number of carboxylic acid groups (broad SMARTS) is 1. The summed E-state index contributed by atoms with van der Waals surface area (Å²) in [6, 6.07) is 0. The summed E-state index contributed by atoms with van der Waals surface area (Å²) in [4.78, 5) is 14.5. The predicted molar refractivity (Wildman–Crippen MR) is 46.9 cm³/mol. The van der Waals surface area contributed by atoms with E-state index < -0.39 is 5.97 Å². The molecule has 0 saturated heterocycles. The molecule has 0 unspecified atom stereocenters. The van der Waals surface area contributed by atoms with E-state index >= 15 is 0 Å². The lowest BCUT2D eigenvalue weighted by atomic mass is 9.91. The highest BCUT2D eigenvalue weighted by Gasteiger charge is 2.24. The Morgan fingerprint density at radius 3 is 2.23 bits per heavy atom. The first-order valence-corrected chi connectivity index (χ1v) is 4.03. The molecule has 0 aromatic carbocycles. The first-order chi connectivity index (χ1) is 5.82. The molecule has 0 bridgehead atoms. The van der Waals surface area contributed by atoms with Crippen LogP contribution in [-0.4, -0.2) is 16.1 Å². The molecule has 72 valence electrons. The van der Waals surface area contributed by atoms with E-state index in [1.807, 2.05) is 20.8 Å². The highest BCUT2D eigenvalue weighted by atomic mass is 16.4. The minimum Gasteiger partial charge on any atom is -0.474 e. The van der Waals surface area contributed by atoms with Gasteiger partial charge in [0, 0.05) is 5.41 Å². The maximum Gasteiger partial charge on any atom is 0.392 e. The van der Waals surface area contributed by atoms with Crippen LogP contribution in [0.2, 0.25) is 0 Å². The predicted octanol–water partition coefficient (Wildman–Crippen LogP) is 1.98. The van der Waals surface area contributed by atoms with E-state index in [-0.39, 0.29) is 11.3 Å². The van der Waals surface area contributed by atoms with E-state index in [0.717, 1.165) is 0 Å². The first-order valence-electron chi connectivity index (χ1n) is 4.03. The number of aromatic carboxylic acids is 1. The number of oxazole rings is 1. The van der Waals surface area contributed by atoms with E-state index in [1.165, 1.54) is 0 Å². The molecule has 0 aliphatic heterocycles. The standard InChI is InChI=1S/C9H13NO3/c1-5-6(9(2,3)4)10-7(13-5)8(11)12/h1-4H3,(H,11,12). The van der Waals surface area contributed by atoms with Gasteiger partial charge in [0.1, 0.15) is 5.76 Å². The van der Waals surface area contributed by atoms with Crippen molar-refractivity contribution in [1.29, 1.82) is 0 Å². The Hall–Kier alpha value is -1.32. The molecule has 1 rings (SSSR count). The zero-order valence-corrected chi connectivity index (χ0v) is 8.21. The molecule has 13 heavy (non-hydrogen) atoms. The van der Waals surface area contributed by atoms with Crippen molar-refractivity contribution in [2.24, 2.45) is 0 Å². The van der Waals surface area contributed by atoms with Gasteiger partial charge in [-0.3, -0.25) is 0 Å². The summed E-state index contributed by atoms with van der Waals surface area (Å²) in [5.74, 6) is -0.786. The zero-order valence-electron chi connectivity index (χ0n) is 8.21. The summed E-state index contributed by atoms with van der Waals surface area (Å²) in [6.07, 6.45) is 0. The van der Waals surface area contributed by atoms with Crippen LogP contribution in [0.3, 0.4) is 0 Å². The highest BCUT2D eigenvalue weighted by molar-refractivity contribution is 5.82. The van der Waals surface area contributed by atoms with Gasteiger partial charge in [-0.15, -0.1) is 0 Å². The third-order valence-corrected chi connectivity index (χ3v) is 1.69. The van der Waals surface area contributed by atoms with Gasteiger partial charge in [-0.05, 0) is 6.92 Å². The average Bonchev–Trinajstić information content (AvgIpc) is 2.29. The number of rotatable bonds is 1. The van der Waals surface area contributed by atoms with E-state index in [1.54, 1.807) is 6.92 Å². The van der Waals surface area contributed by atoms with Crippen molar-refractivity contribution >= 4 is 5.97 Å². The number of carbonyl (C=O) groups is 1. The molecular weight excluding hydrogens is 170 g/mol. The molecule has 1 aromatic heterocycles. The molecule has 0 amide bonds. The summed E-state index contributed by atoms with van der Waals surface area (Å²) < 4.78 is 4.99. The van der Waals surface area contributed by atoms with Crippen LogP contribution in [-0.2, 0) is 5.41 Å². The fraction of sp³-hybridized carbons (Fsp3) is 0.556. The Balaban J connectivity index is 3.18. The van der Waals surface area contributed by atoms with Crippen LogP contribution in [0.25, 0.3) is 0 Å². The molecule has 1 aromatic rings. The zero-order chi connectivity index (χ0) is 10.2. The van der Waals surface area contributed by atoms with Crippen LogP contribution in [0.1, 0.15) is 42.9 Å². The molecule has 4 heteroatoms. The van der Waals surface area contributed by atoms with E-state index in [4.69, 9.17) is 9.52 Å². The second-order valence-corrected chi connectivity index (χ2v) is 3.98. The highest BCUT2D eigenvalue weighted by Crippen LogP contribution is 2.25. The van der Waals surface area contributed by atoms with Crippen LogP contribution in [0, 0.1) is 6.92 Å². The maximum atomic E-state index is 10.5. The first kappa shape index (κ1) is 9.77. The number of aromatic nitrogens is 1. The van der Waals surface area contributed by atoms with Gasteiger partial charge < -0.3 is 9.52 Å². The van der Waals surface area contributed by atoms with Gasteiger partial charge in [-0.2, -0.15) is 0 Å². The summed E-state index contributed by atoms with van der Waals surface area (Å²) in [5.41, 5.74) is 0.520. The number of hydrogen-bond acceptors (Lipinski definition) is 3. The SMILES string of the molecule is Cc1oc(C(=O)O)nc1C(C)(C)C.